The first-order valence-electron chi connectivity index (χ1n) is 6.70. The van der Waals surface area contributed by atoms with E-state index < -0.39 is 0 Å². The van der Waals surface area contributed by atoms with Crippen molar-refractivity contribution in [3.05, 3.63) is 34.6 Å². The monoisotopic (exact) mass is 286 g/mol. The van der Waals surface area contributed by atoms with Crippen LogP contribution in [0.4, 0.5) is 4.39 Å². The normalized spacial score (nSPS) is 19.3. The van der Waals surface area contributed by atoms with Crippen LogP contribution in [0.25, 0.3) is 0 Å². The van der Waals surface area contributed by atoms with Gasteiger partial charge in [0.25, 0.3) is 0 Å². The van der Waals surface area contributed by atoms with Crippen molar-refractivity contribution < 1.29 is 9.50 Å². The molecule has 1 aliphatic heterocycles. The molecule has 1 atom stereocenters. The first-order chi connectivity index (χ1) is 9.20. The molecule has 1 unspecified atom stereocenters. The number of hydrogen-bond donors (Lipinski definition) is 2. The number of rotatable bonds is 6. The summed E-state index contributed by atoms with van der Waals surface area (Å²) in [6, 6.07) is 5.49. The van der Waals surface area contributed by atoms with Crippen molar-refractivity contribution in [2.75, 3.05) is 26.2 Å². The molecule has 0 amide bonds. The molecule has 106 valence electrons. The number of nitrogens with zero attached hydrogens (tertiary/aromatic N) is 1. The second-order valence-electron chi connectivity index (χ2n) is 4.96. The lowest BCUT2D eigenvalue weighted by molar-refractivity contribution is 0.177. The summed E-state index contributed by atoms with van der Waals surface area (Å²) in [6.45, 7) is 2.97. The molecular formula is C14H20ClFN2O. The van der Waals surface area contributed by atoms with E-state index >= 15 is 0 Å². The topological polar surface area (TPSA) is 35.5 Å². The van der Waals surface area contributed by atoms with Crippen LogP contribution in [0.1, 0.15) is 18.4 Å². The van der Waals surface area contributed by atoms with Crippen LogP contribution in [0.15, 0.2) is 18.2 Å². The largest absolute Gasteiger partial charge is 0.395 e. The van der Waals surface area contributed by atoms with Crippen molar-refractivity contribution in [1.29, 1.82) is 0 Å². The summed E-state index contributed by atoms with van der Waals surface area (Å²) in [7, 11) is 0. The van der Waals surface area contributed by atoms with E-state index in [0.29, 0.717) is 24.7 Å². The fourth-order valence-corrected chi connectivity index (χ4v) is 2.71. The molecule has 3 nitrogen and oxygen atoms in total. The average Bonchev–Trinajstić information content (AvgIpc) is 2.88. The number of aliphatic hydroxyl groups excluding tert-OH is 1. The maximum atomic E-state index is 13.9. The van der Waals surface area contributed by atoms with Crippen molar-refractivity contribution in [2.24, 2.45) is 0 Å². The zero-order valence-corrected chi connectivity index (χ0v) is 11.7. The first-order valence-corrected chi connectivity index (χ1v) is 7.08. The number of hydrogen-bond acceptors (Lipinski definition) is 3. The smallest absolute Gasteiger partial charge is 0.146 e. The third-order valence-electron chi connectivity index (χ3n) is 3.48. The molecule has 0 radical (unpaired) electrons. The molecule has 0 aromatic heterocycles. The molecule has 0 saturated carbocycles. The highest BCUT2D eigenvalue weighted by atomic mass is 35.5. The second kappa shape index (κ2) is 7.20. The van der Waals surface area contributed by atoms with Crippen LogP contribution in [-0.2, 0) is 6.54 Å². The van der Waals surface area contributed by atoms with Crippen LogP contribution in [0.5, 0.6) is 0 Å². The molecular weight excluding hydrogens is 267 g/mol. The summed E-state index contributed by atoms with van der Waals surface area (Å²) >= 11 is 5.79. The van der Waals surface area contributed by atoms with Gasteiger partial charge in [-0.1, -0.05) is 23.7 Å². The van der Waals surface area contributed by atoms with Gasteiger partial charge in [0.2, 0.25) is 0 Å². The summed E-state index contributed by atoms with van der Waals surface area (Å²) in [5, 5.41) is 12.7. The van der Waals surface area contributed by atoms with Gasteiger partial charge in [-0.3, -0.25) is 4.90 Å². The van der Waals surface area contributed by atoms with Gasteiger partial charge in [0.1, 0.15) is 5.82 Å². The number of halogens is 2. The van der Waals surface area contributed by atoms with Crippen LogP contribution in [0, 0.1) is 5.82 Å². The van der Waals surface area contributed by atoms with Crippen molar-refractivity contribution in [3.63, 3.8) is 0 Å². The summed E-state index contributed by atoms with van der Waals surface area (Å²) in [5.41, 5.74) is 0.582. The quantitative estimate of drug-likeness (QED) is 0.840. The maximum absolute atomic E-state index is 13.9. The lowest BCUT2D eigenvalue weighted by atomic mass is 10.1. The molecule has 1 aromatic carbocycles. The highest BCUT2D eigenvalue weighted by Crippen LogP contribution is 2.19. The van der Waals surface area contributed by atoms with E-state index in [1.54, 1.807) is 18.2 Å². The van der Waals surface area contributed by atoms with Gasteiger partial charge in [0, 0.05) is 31.2 Å². The molecule has 19 heavy (non-hydrogen) atoms. The molecule has 1 fully saturated rings. The third-order valence-corrected chi connectivity index (χ3v) is 3.77. The highest BCUT2D eigenvalue weighted by Gasteiger charge is 2.19. The summed E-state index contributed by atoms with van der Waals surface area (Å²) < 4.78 is 13.9. The minimum absolute atomic E-state index is 0.0783. The van der Waals surface area contributed by atoms with Crippen LogP contribution in [0.2, 0.25) is 5.02 Å². The molecule has 0 bridgehead atoms. The van der Waals surface area contributed by atoms with E-state index in [9.17, 15) is 4.39 Å². The molecule has 1 aliphatic rings. The van der Waals surface area contributed by atoms with Gasteiger partial charge in [-0.15, -0.1) is 0 Å². The molecule has 2 N–H and O–H groups in total. The fraction of sp³-hybridized carbons (Fsp3) is 0.571. The summed E-state index contributed by atoms with van der Waals surface area (Å²) in [5.74, 6) is -0.355. The summed E-state index contributed by atoms with van der Waals surface area (Å²) in [6.07, 6.45) is 2.32. The van der Waals surface area contributed by atoms with Gasteiger partial charge in [-0.25, -0.2) is 4.39 Å². The maximum Gasteiger partial charge on any atom is 0.146 e. The van der Waals surface area contributed by atoms with Crippen molar-refractivity contribution >= 4 is 11.6 Å². The van der Waals surface area contributed by atoms with Crippen LogP contribution in [0.3, 0.4) is 0 Å². The van der Waals surface area contributed by atoms with E-state index in [2.05, 4.69) is 10.2 Å². The average molecular weight is 287 g/mol. The zero-order valence-electron chi connectivity index (χ0n) is 10.9. The molecule has 1 aromatic rings. The van der Waals surface area contributed by atoms with Crippen molar-refractivity contribution in [1.82, 2.24) is 10.2 Å². The number of nitrogens with one attached hydrogen (secondary N) is 1. The van der Waals surface area contributed by atoms with Gasteiger partial charge in [0.15, 0.2) is 0 Å². The minimum atomic E-state index is -0.355. The van der Waals surface area contributed by atoms with E-state index in [-0.39, 0.29) is 17.4 Å². The Morgan fingerprint density at radius 3 is 3.00 bits per heavy atom. The van der Waals surface area contributed by atoms with E-state index in [1.165, 1.54) is 6.42 Å². The fourth-order valence-electron chi connectivity index (χ4n) is 2.51. The molecule has 2 rings (SSSR count). The minimum Gasteiger partial charge on any atom is -0.395 e. The molecule has 1 saturated heterocycles. The van der Waals surface area contributed by atoms with Crippen LogP contribution < -0.4 is 5.32 Å². The predicted molar refractivity (Wildman–Crippen MR) is 74.8 cm³/mol. The highest BCUT2D eigenvalue weighted by molar-refractivity contribution is 6.30. The Morgan fingerprint density at radius 2 is 2.32 bits per heavy atom. The first kappa shape index (κ1) is 14.7. The molecule has 1 heterocycles. The van der Waals surface area contributed by atoms with Crippen LogP contribution in [-0.4, -0.2) is 42.3 Å². The SMILES string of the molecule is OCCN(Cc1cccc(Cl)c1F)CC1CCCN1. The standard InChI is InChI=1S/C14H20ClFN2O/c15-13-5-1-3-11(14(13)16)9-18(7-8-19)10-12-4-2-6-17-12/h1,3,5,12,17,19H,2,4,6-10H2. The summed E-state index contributed by atoms with van der Waals surface area (Å²) in [4.78, 5) is 2.07. The Hall–Kier alpha value is -0.680. The third kappa shape index (κ3) is 4.14. The predicted octanol–water partition coefficient (Wildman–Crippen LogP) is 2.03. The van der Waals surface area contributed by atoms with Gasteiger partial charge in [0.05, 0.1) is 11.6 Å². The molecule has 0 aliphatic carbocycles. The Bertz CT molecular complexity index is 410. The van der Waals surface area contributed by atoms with E-state index in [0.717, 1.165) is 19.5 Å². The van der Waals surface area contributed by atoms with E-state index in [1.807, 2.05) is 0 Å². The van der Waals surface area contributed by atoms with E-state index in [4.69, 9.17) is 16.7 Å². The Labute approximate surface area is 118 Å². The number of aliphatic hydroxyl groups is 1. The molecule has 0 spiro atoms. The Morgan fingerprint density at radius 1 is 1.47 bits per heavy atom. The zero-order chi connectivity index (χ0) is 13.7. The lowest BCUT2D eigenvalue weighted by Gasteiger charge is -2.25. The number of benzene rings is 1. The molecule has 5 heteroatoms. The van der Waals surface area contributed by atoms with Gasteiger partial charge in [-0.2, -0.15) is 0 Å². The van der Waals surface area contributed by atoms with Gasteiger partial charge >= 0.3 is 0 Å². The second-order valence-corrected chi connectivity index (χ2v) is 5.37. The van der Waals surface area contributed by atoms with Gasteiger partial charge < -0.3 is 10.4 Å². The van der Waals surface area contributed by atoms with Crippen LogP contribution >= 0.6 is 11.6 Å². The lowest BCUT2D eigenvalue weighted by Crippen LogP contribution is -2.38. The Kier molecular flexibility index (Phi) is 5.58. The van der Waals surface area contributed by atoms with Gasteiger partial charge in [-0.05, 0) is 25.5 Å². The Balaban J connectivity index is 2.00. The van der Waals surface area contributed by atoms with Crippen molar-refractivity contribution in [3.8, 4) is 0 Å². The van der Waals surface area contributed by atoms with Crippen molar-refractivity contribution in [2.45, 2.75) is 25.4 Å².